The minimum Gasteiger partial charge on any atom is -0.368 e. The zero-order valence-corrected chi connectivity index (χ0v) is 15.8. The van der Waals surface area contributed by atoms with Gasteiger partial charge in [-0.05, 0) is 67.9 Å². The van der Waals surface area contributed by atoms with E-state index >= 15 is 0 Å². The van der Waals surface area contributed by atoms with Gasteiger partial charge in [-0.1, -0.05) is 12.1 Å². The van der Waals surface area contributed by atoms with E-state index in [1.807, 2.05) is 0 Å². The zero-order chi connectivity index (χ0) is 20.0. The van der Waals surface area contributed by atoms with Crippen molar-refractivity contribution in [2.45, 2.75) is 25.0 Å². The number of benzene rings is 2. The molecule has 0 unspecified atom stereocenters. The first-order chi connectivity index (χ1) is 13.5. The highest BCUT2D eigenvalue weighted by molar-refractivity contribution is 5.98. The normalized spacial score (nSPS) is 15.6. The Kier molecular flexibility index (Phi) is 6.38. The van der Waals surface area contributed by atoms with Crippen molar-refractivity contribution in [1.29, 1.82) is 0 Å². The molecule has 0 spiro atoms. The second kappa shape index (κ2) is 8.95. The van der Waals surface area contributed by atoms with E-state index in [2.05, 4.69) is 16.0 Å². The minimum absolute atomic E-state index is 0.176. The summed E-state index contributed by atoms with van der Waals surface area (Å²) >= 11 is 0. The Morgan fingerprint density at radius 1 is 1.07 bits per heavy atom. The molecular weight excluding hydrogens is 361 g/mol. The summed E-state index contributed by atoms with van der Waals surface area (Å²) in [7, 11) is 1.56. The molecule has 7 heteroatoms. The average molecular weight is 385 g/mol. The molecule has 3 rings (SSSR count). The van der Waals surface area contributed by atoms with Crippen LogP contribution in [0.2, 0.25) is 0 Å². The number of nitrogens with one attached hydrogen (secondary N) is 3. The molecule has 0 bridgehead atoms. The summed E-state index contributed by atoms with van der Waals surface area (Å²) in [6, 6.07) is 12.6. The lowest BCUT2D eigenvalue weighted by Gasteiger charge is -2.34. The predicted molar refractivity (Wildman–Crippen MR) is 104 cm³/mol. The summed E-state index contributed by atoms with van der Waals surface area (Å²) in [6.07, 6.45) is 1.22. The third-order valence-corrected chi connectivity index (χ3v) is 4.99. The Balaban J connectivity index is 1.57. The number of hydrogen-bond acceptors (Lipinski definition) is 4. The van der Waals surface area contributed by atoms with Crippen LogP contribution < -0.4 is 16.0 Å². The molecule has 148 valence electrons. The second-order valence-electron chi connectivity index (χ2n) is 6.79. The smallest absolute Gasteiger partial charge is 0.256 e. The van der Waals surface area contributed by atoms with Crippen LogP contribution in [0.5, 0.6) is 0 Å². The lowest BCUT2D eigenvalue weighted by atomic mass is 9.91. The molecule has 0 aromatic heterocycles. The van der Waals surface area contributed by atoms with E-state index in [1.165, 1.54) is 12.1 Å². The molecule has 0 aliphatic carbocycles. The number of methoxy groups -OCH3 is 1. The molecule has 3 N–H and O–H groups in total. The molecule has 0 radical (unpaired) electrons. The number of carbonyl (C=O) groups excluding carboxylic acids is 2. The number of hydrogen-bond donors (Lipinski definition) is 3. The zero-order valence-electron chi connectivity index (χ0n) is 15.8. The molecular formula is C21H24FN3O3. The van der Waals surface area contributed by atoms with E-state index in [0.29, 0.717) is 30.6 Å². The number of carbonyl (C=O) groups is 2. The van der Waals surface area contributed by atoms with Crippen LogP contribution in [0.15, 0.2) is 48.5 Å². The van der Waals surface area contributed by atoms with Crippen LogP contribution in [0, 0.1) is 5.82 Å². The van der Waals surface area contributed by atoms with Gasteiger partial charge in [0.1, 0.15) is 11.4 Å². The van der Waals surface area contributed by atoms with Gasteiger partial charge in [-0.25, -0.2) is 4.39 Å². The van der Waals surface area contributed by atoms with Gasteiger partial charge in [0.25, 0.3) is 11.8 Å². The maximum absolute atomic E-state index is 12.9. The standard InChI is InChI=1S/C21H24FN3O3/c1-28-21(10-12-23-13-11-21)20(27)25-18-8-4-16(5-9-18)19(26)24-14-15-2-6-17(22)7-3-15/h2-9,23H,10-14H2,1H3,(H,24,26)(H,25,27). The van der Waals surface area contributed by atoms with Crippen LogP contribution in [0.3, 0.4) is 0 Å². The first-order valence-electron chi connectivity index (χ1n) is 9.22. The first kappa shape index (κ1) is 20.0. The van der Waals surface area contributed by atoms with E-state index in [-0.39, 0.29) is 17.6 Å². The van der Waals surface area contributed by atoms with Crippen molar-refractivity contribution in [1.82, 2.24) is 10.6 Å². The number of halogens is 1. The Hall–Kier alpha value is -2.77. The van der Waals surface area contributed by atoms with Crippen LogP contribution >= 0.6 is 0 Å². The molecule has 1 aliphatic heterocycles. The van der Waals surface area contributed by atoms with Crippen LogP contribution in [0.25, 0.3) is 0 Å². The van der Waals surface area contributed by atoms with Crippen molar-refractivity contribution in [2.75, 3.05) is 25.5 Å². The quantitative estimate of drug-likeness (QED) is 0.714. The molecule has 28 heavy (non-hydrogen) atoms. The molecule has 1 fully saturated rings. The molecule has 1 aliphatic rings. The van der Waals surface area contributed by atoms with Gasteiger partial charge in [-0.3, -0.25) is 9.59 Å². The van der Waals surface area contributed by atoms with Crippen molar-refractivity contribution in [3.63, 3.8) is 0 Å². The number of ether oxygens (including phenoxy) is 1. The van der Waals surface area contributed by atoms with Gasteiger partial charge < -0.3 is 20.7 Å². The molecule has 2 aromatic carbocycles. The number of anilines is 1. The molecule has 1 saturated heterocycles. The fraction of sp³-hybridized carbons (Fsp3) is 0.333. The highest BCUT2D eigenvalue weighted by Gasteiger charge is 2.39. The van der Waals surface area contributed by atoms with E-state index in [1.54, 1.807) is 43.5 Å². The summed E-state index contributed by atoms with van der Waals surface area (Å²) in [4.78, 5) is 24.9. The van der Waals surface area contributed by atoms with Crippen molar-refractivity contribution in [3.05, 3.63) is 65.5 Å². The van der Waals surface area contributed by atoms with Crippen molar-refractivity contribution in [2.24, 2.45) is 0 Å². The third-order valence-electron chi connectivity index (χ3n) is 4.99. The van der Waals surface area contributed by atoms with Gasteiger partial charge >= 0.3 is 0 Å². The fourth-order valence-electron chi connectivity index (χ4n) is 3.19. The van der Waals surface area contributed by atoms with Gasteiger partial charge in [0.15, 0.2) is 0 Å². The highest BCUT2D eigenvalue weighted by atomic mass is 19.1. The maximum Gasteiger partial charge on any atom is 0.256 e. The van der Waals surface area contributed by atoms with Crippen LogP contribution in [0.1, 0.15) is 28.8 Å². The van der Waals surface area contributed by atoms with Crippen LogP contribution in [-0.4, -0.2) is 37.6 Å². The number of piperidine rings is 1. The summed E-state index contributed by atoms with van der Waals surface area (Å²) in [5.41, 5.74) is 1.07. The Bertz CT molecular complexity index is 816. The SMILES string of the molecule is COC1(C(=O)Nc2ccc(C(=O)NCc3ccc(F)cc3)cc2)CCNCC1. The lowest BCUT2D eigenvalue weighted by Crippen LogP contribution is -2.51. The Morgan fingerprint density at radius 2 is 1.71 bits per heavy atom. The second-order valence-corrected chi connectivity index (χ2v) is 6.79. The third kappa shape index (κ3) is 4.74. The van der Waals surface area contributed by atoms with Crippen LogP contribution in [-0.2, 0) is 16.1 Å². The van der Waals surface area contributed by atoms with Gasteiger partial charge in [0.05, 0.1) is 0 Å². The summed E-state index contributed by atoms with van der Waals surface area (Å²) in [5.74, 6) is -0.730. The Labute approximate surface area is 163 Å². The maximum atomic E-state index is 12.9. The molecule has 2 amide bonds. The molecule has 2 aromatic rings. The molecule has 0 atom stereocenters. The van der Waals surface area contributed by atoms with Crippen molar-refractivity contribution in [3.8, 4) is 0 Å². The van der Waals surface area contributed by atoms with Gasteiger partial charge in [-0.2, -0.15) is 0 Å². The first-order valence-corrected chi connectivity index (χ1v) is 9.22. The number of amides is 2. The minimum atomic E-state index is -0.823. The van der Waals surface area contributed by atoms with Gasteiger partial charge in [-0.15, -0.1) is 0 Å². The van der Waals surface area contributed by atoms with Crippen LogP contribution in [0.4, 0.5) is 10.1 Å². The summed E-state index contributed by atoms with van der Waals surface area (Å²) in [6.45, 7) is 1.77. The largest absolute Gasteiger partial charge is 0.368 e. The van der Waals surface area contributed by atoms with Crippen molar-refractivity contribution < 1.29 is 18.7 Å². The molecule has 1 heterocycles. The van der Waals surface area contributed by atoms with E-state index < -0.39 is 5.60 Å². The topological polar surface area (TPSA) is 79.5 Å². The predicted octanol–water partition coefficient (Wildman–Crippen LogP) is 2.46. The summed E-state index contributed by atoms with van der Waals surface area (Å²) in [5, 5.41) is 8.88. The Morgan fingerprint density at radius 3 is 2.32 bits per heavy atom. The molecule has 0 saturated carbocycles. The van der Waals surface area contributed by atoms with Crippen molar-refractivity contribution >= 4 is 17.5 Å². The monoisotopic (exact) mass is 385 g/mol. The van der Waals surface area contributed by atoms with E-state index in [4.69, 9.17) is 4.74 Å². The summed E-state index contributed by atoms with van der Waals surface area (Å²) < 4.78 is 18.4. The van der Waals surface area contributed by atoms with Gasteiger partial charge in [0, 0.05) is 24.9 Å². The lowest BCUT2D eigenvalue weighted by molar-refractivity contribution is -0.140. The fourth-order valence-corrected chi connectivity index (χ4v) is 3.19. The van der Waals surface area contributed by atoms with E-state index in [0.717, 1.165) is 18.7 Å². The van der Waals surface area contributed by atoms with E-state index in [9.17, 15) is 14.0 Å². The van der Waals surface area contributed by atoms with Gasteiger partial charge in [0.2, 0.25) is 0 Å². The molecule has 6 nitrogen and oxygen atoms in total. The number of rotatable bonds is 6. The highest BCUT2D eigenvalue weighted by Crippen LogP contribution is 2.24. The average Bonchev–Trinajstić information content (AvgIpc) is 2.74.